The number of hydrogen-bond acceptors (Lipinski definition) is 2. The molecular weight excluding hydrogens is 234 g/mol. The van der Waals surface area contributed by atoms with E-state index in [1.165, 1.54) is 44.5 Å². The van der Waals surface area contributed by atoms with Gasteiger partial charge >= 0.3 is 0 Å². The Morgan fingerprint density at radius 2 is 1.58 bits per heavy atom. The zero-order valence-electron chi connectivity index (χ0n) is 11.9. The Hall–Kier alpha value is -1.02. The van der Waals surface area contributed by atoms with Crippen molar-refractivity contribution in [1.82, 2.24) is 0 Å². The highest BCUT2D eigenvalue weighted by atomic mass is 16.3. The first-order valence-corrected chi connectivity index (χ1v) is 7.79. The fourth-order valence-electron chi connectivity index (χ4n) is 2.65. The molecule has 1 N–H and O–H groups in total. The third kappa shape index (κ3) is 3.50. The van der Waals surface area contributed by atoms with Gasteiger partial charge in [0, 0.05) is 18.8 Å². The standard InChI is InChI=1S/C17H25NO/c1-2-17(19)15-7-9-16(10-8-15)18(11-13-3-4-13)12-14-5-6-14/h7-10,13-14,17,19H,2-6,11-12H2,1H3. The fourth-order valence-corrected chi connectivity index (χ4v) is 2.65. The van der Waals surface area contributed by atoms with Crippen LogP contribution in [-0.4, -0.2) is 18.2 Å². The van der Waals surface area contributed by atoms with Gasteiger partial charge in [-0.25, -0.2) is 0 Å². The van der Waals surface area contributed by atoms with E-state index in [-0.39, 0.29) is 6.10 Å². The van der Waals surface area contributed by atoms with E-state index in [2.05, 4.69) is 29.2 Å². The highest BCUT2D eigenvalue weighted by Crippen LogP contribution is 2.36. The van der Waals surface area contributed by atoms with Gasteiger partial charge in [-0.15, -0.1) is 0 Å². The molecule has 0 aromatic heterocycles. The normalized spacial score (nSPS) is 20.3. The fraction of sp³-hybridized carbons (Fsp3) is 0.647. The van der Waals surface area contributed by atoms with E-state index in [1.807, 2.05) is 6.92 Å². The smallest absolute Gasteiger partial charge is 0.0787 e. The largest absolute Gasteiger partial charge is 0.388 e. The van der Waals surface area contributed by atoms with Gasteiger partial charge < -0.3 is 10.0 Å². The van der Waals surface area contributed by atoms with Crippen molar-refractivity contribution >= 4 is 5.69 Å². The first kappa shape index (κ1) is 13.0. The van der Waals surface area contributed by atoms with E-state index in [4.69, 9.17) is 0 Å². The number of benzene rings is 1. The molecule has 2 aliphatic rings. The average molecular weight is 259 g/mol. The third-order valence-corrected chi connectivity index (χ3v) is 4.38. The van der Waals surface area contributed by atoms with E-state index in [9.17, 15) is 5.11 Å². The molecule has 0 radical (unpaired) electrons. The molecule has 1 unspecified atom stereocenters. The predicted octanol–water partition coefficient (Wildman–Crippen LogP) is 3.76. The maximum Gasteiger partial charge on any atom is 0.0787 e. The van der Waals surface area contributed by atoms with Crippen LogP contribution in [0.1, 0.15) is 50.7 Å². The van der Waals surface area contributed by atoms with Crippen LogP contribution in [0.5, 0.6) is 0 Å². The molecule has 3 rings (SSSR count). The van der Waals surface area contributed by atoms with E-state index < -0.39 is 0 Å². The van der Waals surface area contributed by atoms with Crippen molar-refractivity contribution < 1.29 is 5.11 Å². The second kappa shape index (κ2) is 5.54. The van der Waals surface area contributed by atoms with Crippen LogP contribution in [0.2, 0.25) is 0 Å². The van der Waals surface area contributed by atoms with Crippen LogP contribution in [-0.2, 0) is 0 Å². The highest BCUT2D eigenvalue weighted by Gasteiger charge is 2.29. The molecule has 0 aliphatic heterocycles. The van der Waals surface area contributed by atoms with Gasteiger partial charge in [0.25, 0.3) is 0 Å². The van der Waals surface area contributed by atoms with E-state index in [1.54, 1.807) is 0 Å². The molecular formula is C17H25NO. The van der Waals surface area contributed by atoms with Crippen LogP contribution in [0.4, 0.5) is 5.69 Å². The zero-order valence-corrected chi connectivity index (χ0v) is 11.9. The molecule has 1 atom stereocenters. The van der Waals surface area contributed by atoms with Gasteiger partial charge in [-0.1, -0.05) is 19.1 Å². The van der Waals surface area contributed by atoms with Crippen LogP contribution in [0, 0.1) is 11.8 Å². The first-order valence-electron chi connectivity index (χ1n) is 7.79. The van der Waals surface area contributed by atoms with Gasteiger partial charge in [0.1, 0.15) is 0 Å². The van der Waals surface area contributed by atoms with E-state index >= 15 is 0 Å². The average Bonchev–Trinajstić information content (AvgIpc) is 3.32. The third-order valence-electron chi connectivity index (χ3n) is 4.38. The minimum atomic E-state index is -0.311. The van der Waals surface area contributed by atoms with Crippen molar-refractivity contribution in [2.75, 3.05) is 18.0 Å². The van der Waals surface area contributed by atoms with Gasteiger partial charge in [-0.2, -0.15) is 0 Å². The molecule has 0 spiro atoms. The van der Waals surface area contributed by atoms with Gasteiger partial charge in [-0.3, -0.25) is 0 Å². The topological polar surface area (TPSA) is 23.5 Å². The number of aliphatic hydroxyl groups is 1. The minimum Gasteiger partial charge on any atom is -0.388 e. The molecule has 0 amide bonds. The summed E-state index contributed by atoms with van der Waals surface area (Å²) >= 11 is 0. The van der Waals surface area contributed by atoms with Crippen molar-refractivity contribution in [3.8, 4) is 0 Å². The maximum absolute atomic E-state index is 9.86. The Bertz CT molecular complexity index is 392. The van der Waals surface area contributed by atoms with Gasteiger partial charge in [0.05, 0.1) is 6.10 Å². The second-order valence-electron chi connectivity index (χ2n) is 6.31. The summed E-state index contributed by atoms with van der Waals surface area (Å²) in [5.41, 5.74) is 2.38. The lowest BCUT2D eigenvalue weighted by molar-refractivity contribution is 0.173. The van der Waals surface area contributed by atoms with E-state index in [0.29, 0.717) is 0 Å². The molecule has 2 saturated carbocycles. The minimum absolute atomic E-state index is 0.311. The molecule has 1 aromatic rings. The molecule has 104 valence electrons. The first-order chi connectivity index (χ1) is 9.26. The summed E-state index contributed by atoms with van der Waals surface area (Å²) in [6.45, 7) is 4.48. The summed E-state index contributed by atoms with van der Waals surface area (Å²) < 4.78 is 0. The zero-order chi connectivity index (χ0) is 13.2. The van der Waals surface area contributed by atoms with Crippen LogP contribution >= 0.6 is 0 Å². The molecule has 0 heterocycles. The number of aliphatic hydroxyl groups excluding tert-OH is 1. The molecule has 2 fully saturated rings. The monoisotopic (exact) mass is 259 g/mol. The van der Waals surface area contributed by atoms with Crippen LogP contribution < -0.4 is 4.90 Å². The number of rotatable bonds is 7. The second-order valence-corrected chi connectivity index (χ2v) is 6.31. The van der Waals surface area contributed by atoms with Crippen molar-refractivity contribution in [2.24, 2.45) is 11.8 Å². The van der Waals surface area contributed by atoms with Crippen molar-refractivity contribution in [2.45, 2.75) is 45.1 Å². The lowest BCUT2D eigenvalue weighted by Crippen LogP contribution is -2.28. The number of hydrogen-bond donors (Lipinski definition) is 1. The van der Waals surface area contributed by atoms with Gasteiger partial charge in [0.2, 0.25) is 0 Å². The molecule has 2 heteroatoms. The quantitative estimate of drug-likeness (QED) is 0.806. The van der Waals surface area contributed by atoms with Crippen LogP contribution in [0.25, 0.3) is 0 Å². The van der Waals surface area contributed by atoms with Crippen LogP contribution in [0.3, 0.4) is 0 Å². The summed E-state index contributed by atoms with van der Waals surface area (Å²) in [6, 6.07) is 8.57. The van der Waals surface area contributed by atoms with Gasteiger partial charge in [-0.05, 0) is 61.6 Å². The summed E-state index contributed by atoms with van der Waals surface area (Å²) in [7, 11) is 0. The Labute approximate surface area is 116 Å². The van der Waals surface area contributed by atoms with Crippen molar-refractivity contribution in [3.63, 3.8) is 0 Å². The Morgan fingerprint density at radius 3 is 2.00 bits per heavy atom. The lowest BCUT2D eigenvalue weighted by Gasteiger charge is -2.25. The summed E-state index contributed by atoms with van der Waals surface area (Å²) in [5.74, 6) is 1.86. The van der Waals surface area contributed by atoms with Crippen molar-refractivity contribution in [1.29, 1.82) is 0 Å². The molecule has 19 heavy (non-hydrogen) atoms. The predicted molar refractivity (Wildman–Crippen MR) is 79.4 cm³/mol. The number of anilines is 1. The number of nitrogens with zero attached hydrogens (tertiary/aromatic N) is 1. The summed E-state index contributed by atoms with van der Waals surface area (Å²) in [5, 5.41) is 9.86. The molecule has 2 nitrogen and oxygen atoms in total. The summed E-state index contributed by atoms with van der Waals surface area (Å²) in [4.78, 5) is 2.57. The molecule has 2 aliphatic carbocycles. The Kier molecular flexibility index (Phi) is 3.79. The Morgan fingerprint density at radius 1 is 1.05 bits per heavy atom. The molecule has 0 saturated heterocycles. The van der Waals surface area contributed by atoms with Crippen molar-refractivity contribution in [3.05, 3.63) is 29.8 Å². The van der Waals surface area contributed by atoms with Crippen LogP contribution in [0.15, 0.2) is 24.3 Å². The molecule has 1 aromatic carbocycles. The maximum atomic E-state index is 9.86. The highest BCUT2D eigenvalue weighted by molar-refractivity contribution is 5.48. The summed E-state index contributed by atoms with van der Waals surface area (Å²) in [6.07, 6.45) is 6.12. The Balaban J connectivity index is 1.68. The van der Waals surface area contributed by atoms with Gasteiger partial charge in [0.15, 0.2) is 0 Å². The molecule has 0 bridgehead atoms. The van der Waals surface area contributed by atoms with E-state index in [0.717, 1.165) is 23.8 Å². The SMILES string of the molecule is CCC(O)c1ccc(N(CC2CC2)CC2CC2)cc1. The lowest BCUT2D eigenvalue weighted by atomic mass is 10.1.